The van der Waals surface area contributed by atoms with Gasteiger partial charge in [0.2, 0.25) is 5.91 Å². The molecule has 110 valence electrons. The van der Waals surface area contributed by atoms with Gasteiger partial charge in [0.1, 0.15) is 0 Å². The highest BCUT2D eigenvalue weighted by molar-refractivity contribution is 5.76. The molecule has 2 rings (SSSR count). The second-order valence-corrected chi connectivity index (χ2v) is 6.11. The number of ether oxygens (including phenoxy) is 1. The molecular weight excluding hydrogens is 240 g/mol. The summed E-state index contributed by atoms with van der Waals surface area (Å²) in [4.78, 5) is 14.3. The van der Waals surface area contributed by atoms with Crippen LogP contribution in [0.5, 0.6) is 0 Å². The summed E-state index contributed by atoms with van der Waals surface area (Å²) in [6, 6.07) is 0. The van der Waals surface area contributed by atoms with E-state index in [0.29, 0.717) is 11.8 Å². The van der Waals surface area contributed by atoms with Crippen LogP contribution in [0.25, 0.3) is 0 Å². The molecule has 0 radical (unpaired) electrons. The molecule has 4 nitrogen and oxygen atoms in total. The number of carbonyl (C=O) groups excluding carboxylic acids is 1. The van der Waals surface area contributed by atoms with Crippen LogP contribution in [-0.2, 0) is 9.53 Å². The largest absolute Gasteiger partial charge is 0.379 e. The Balaban J connectivity index is 1.73. The number of rotatable bonds is 4. The van der Waals surface area contributed by atoms with Gasteiger partial charge in [-0.3, -0.25) is 4.79 Å². The number of piperidine rings is 2. The van der Waals surface area contributed by atoms with Crippen molar-refractivity contribution in [1.29, 1.82) is 0 Å². The normalized spacial score (nSPS) is 29.5. The first-order valence-electron chi connectivity index (χ1n) is 7.72. The van der Waals surface area contributed by atoms with Gasteiger partial charge in [-0.25, -0.2) is 0 Å². The van der Waals surface area contributed by atoms with Gasteiger partial charge in [0.05, 0.1) is 6.10 Å². The molecule has 0 aliphatic carbocycles. The fourth-order valence-corrected chi connectivity index (χ4v) is 3.22. The van der Waals surface area contributed by atoms with Crippen molar-refractivity contribution in [2.45, 2.75) is 45.1 Å². The lowest BCUT2D eigenvalue weighted by molar-refractivity contribution is -0.136. The Bertz CT molecular complexity index is 290. The van der Waals surface area contributed by atoms with Crippen molar-refractivity contribution in [3.8, 4) is 0 Å². The summed E-state index contributed by atoms with van der Waals surface area (Å²) in [5.74, 6) is 1.64. The molecule has 2 unspecified atom stereocenters. The van der Waals surface area contributed by atoms with E-state index >= 15 is 0 Å². The molecule has 1 amide bonds. The molecule has 4 heteroatoms. The number of methoxy groups -OCH3 is 1. The Morgan fingerprint density at radius 1 is 1.32 bits per heavy atom. The van der Waals surface area contributed by atoms with Gasteiger partial charge >= 0.3 is 0 Å². The third-order valence-electron chi connectivity index (χ3n) is 4.77. The van der Waals surface area contributed by atoms with Crippen molar-refractivity contribution >= 4 is 5.91 Å². The van der Waals surface area contributed by atoms with E-state index in [1.54, 1.807) is 7.11 Å². The molecule has 0 spiro atoms. The zero-order chi connectivity index (χ0) is 13.7. The van der Waals surface area contributed by atoms with Gasteiger partial charge in [0.15, 0.2) is 0 Å². The van der Waals surface area contributed by atoms with Crippen molar-refractivity contribution in [3.63, 3.8) is 0 Å². The minimum atomic E-state index is 0.219. The summed E-state index contributed by atoms with van der Waals surface area (Å²) >= 11 is 0. The predicted molar refractivity (Wildman–Crippen MR) is 76.0 cm³/mol. The second-order valence-electron chi connectivity index (χ2n) is 6.11. The summed E-state index contributed by atoms with van der Waals surface area (Å²) in [5, 5.41) is 3.37. The fraction of sp³-hybridized carbons (Fsp3) is 0.933. The zero-order valence-corrected chi connectivity index (χ0v) is 12.4. The average Bonchev–Trinajstić information content (AvgIpc) is 2.46. The summed E-state index contributed by atoms with van der Waals surface area (Å²) < 4.78 is 5.48. The molecule has 2 fully saturated rings. The minimum absolute atomic E-state index is 0.219. The van der Waals surface area contributed by atoms with Crippen LogP contribution in [0, 0.1) is 11.8 Å². The third-order valence-corrected chi connectivity index (χ3v) is 4.77. The van der Waals surface area contributed by atoms with Gasteiger partial charge in [-0.2, -0.15) is 0 Å². The number of amides is 1. The van der Waals surface area contributed by atoms with E-state index in [2.05, 4.69) is 12.2 Å². The topological polar surface area (TPSA) is 41.6 Å². The number of hydrogen-bond donors (Lipinski definition) is 1. The first kappa shape index (κ1) is 14.8. The first-order chi connectivity index (χ1) is 9.20. The van der Waals surface area contributed by atoms with Crippen LogP contribution in [0.4, 0.5) is 0 Å². The Kier molecular flexibility index (Phi) is 5.64. The highest BCUT2D eigenvalue weighted by Gasteiger charge is 2.28. The van der Waals surface area contributed by atoms with Crippen LogP contribution in [0.1, 0.15) is 39.0 Å². The van der Waals surface area contributed by atoms with E-state index < -0.39 is 0 Å². The number of hydrogen-bond acceptors (Lipinski definition) is 3. The molecule has 0 aromatic rings. The van der Waals surface area contributed by atoms with Gasteiger partial charge in [-0.1, -0.05) is 6.92 Å². The average molecular weight is 268 g/mol. The van der Waals surface area contributed by atoms with Crippen molar-refractivity contribution in [1.82, 2.24) is 10.2 Å². The lowest BCUT2D eigenvalue weighted by Crippen LogP contribution is -2.46. The number of likely N-dealkylation sites (tertiary alicyclic amines) is 1. The van der Waals surface area contributed by atoms with Gasteiger partial charge < -0.3 is 15.0 Å². The maximum Gasteiger partial charge on any atom is 0.222 e. The van der Waals surface area contributed by atoms with Crippen molar-refractivity contribution < 1.29 is 9.53 Å². The van der Waals surface area contributed by atoms with Crippen LogP contribution >= 0.6 is 0 Å². The molecule has 2 aliphatic rings. The molecule has 2 atom stereocenters. The van der Waals surface area contributed by atoms with E-state index in [0.717, 1.165) is 51.4 Å². The second kappa shape index (κ2) is 7.25. The Hall–Kier alpha value is -0.610. The number of nitrogens with one attached hydrogen (secondary N) is 1. The van der Waals surface area contributed by atoms with Gasteiger partial charge in [0, 0.05) is 26.6 Å². The molecule has 2 heterocycles. The summed E-state index contributed by atoms with van der Waals surface area (Å²) in [6.45, 7) is 6.14. The van der Waals surface area contributed by atoms with E-state index in [1.165, 1.54) is 12.8 Å². The fourth-order valence-electron chi connectivity index (χ4n) is 3.22. The Labute approximate surface area is 116 Å². The molecule has 0 aromatic carbocycles. The monoisotopic (exact) mass is 268 g/mol. The van der Waals surface area contributed by atoms with E-state index in [-0.39, 0.29) is 6.10 Å². The molecule has 0 bridgehead atoms. The van der Waals surface area contributed by atoms with Crippen LogP contribution in [0.2, 0.25) is 0 Å². The molecule has 19 heavy (non-hydrogen) atoms. The highest BCUT2D eigenvalue weighted by Crippen LogP contribution is 2.22. The van der Waals surface area contributed by atoms with E-state index in [9.17, 15) is 4.79 Å². The van der Waals surface area contributed by atoms with Crippen molar-refractivity contribution in [3.05, 3.63) is 0 Å². The molecular formula is C15H28N2O2. The van der Waals surface area contributed by atoms with E-state index in [1.807, 2.05) is 4.90 Å². The Morgan fingerprint density at radius 2 is 2.05 bits per heavy atom. The number of carbonyl (C=O) groups is 1. The molecule has 2 aliphatic heterocycles. The molecule has 1 N–H and O–H groups in total. The van der Waals surface area contributed by atoms with Gasteiger partial charge in [0.25, 0.3) is 0 Å². The van der Waals surface area contributed by atoms with Gasteiger partial charge in [-0.05, 0) is 50.6 Å². The smallest absolute Gasteiger partial charge is 0.222 e. The van der Waals surface area contributed by atoms with Crippen LogP contribution in [0.15, 0.2) is 0 Å². The van der Waals surface area contributed by atoms with Gasteiger partial charge in [-0.15, -0.1) is 0 Å². The minimum Gasteiger partial charge on any atom is -0.379 e. The third kappa shape index (κ3) is 4.18. The standard InChI is InChI=1S/C15H28N2O2/c1-12-7-10-17(11-14(12)19-2)15(18)4-3-13-5-8-16-9-6-13/h12-14,16H,3-11H2,1-2H3. The lowest BCUT2D eigenvalue weighted by atomic mass is 9.92. The maximum atomic E-state index is 12.3. The molecule has 0 aromatic heterocycles. The number of nitrogens with zero attached hydrogens (tertiary/aromatic N) is 1. The van der Waals surface area contributed by atoms with Crippen LogP contribution < -0.4 is 5.32 Å². The van der Waals surface area contributed by atoms with Crippen molar-refractivity contribution in [2.24, 2.45) is 11.8 Å². The maximum absolute atomic E-state index is 12.3. The summed E-state index contributed by atoms with van der Waals surface area (Å²) in [6.07, 6.45) is 5.52. The first-order valence-corrected chi connectivity index (χ1v) is 7.72. The SMILES string of the molecule is COC1CN(C(=O)CCC2CCNCC2)CCC1C. The molecule has 0 saturated carbocycles. The van der Waals surface area contributed by atoms with Crippen molar-refractivity contribution in [2.75, 3.05) is 33.3 Å². The summed E-state index contributed by atoms with van der Waals surface area (Å²) in [5.41, 5.74) is 0. The predicted octanol–water partition coefficient (Wildman–Crippen LogP) is 1.65. The van der Waals surface area contributed by atoms with E-state index in [4.69, 9.17) is 4.74 Å². The summed E-state index contributed by atoms with van der Waals surface area (Å²) in [7, 11) is 1.75. The quantitative estimate of drug-likeness (QED) is 0.843. The zero-order valence-electron chi connectivity index (χ0n) is 12.4. The highest BCUT2D eigenvalue weighted by atomic mass is 16.5. The Morgan fingerprint density at radius 3 is 2.74 bits per heavy atom. The van der Waals surface area contributed by atoms with Crippen LogP contribution in [0.3, 0.4) is 0 Å². The lowest BCUT2D eigenvalue weighted by Gasteiger charge is -2.36. The van der Waals surface area contributed by atoms with Crippen LogP contribution in [-0.4, -0.2) is 50.2 Å². The molecule has 2 saturated heterocycles.